The van der Waals surface area contributed by atoms with Gasteiger partial charge in [0.25, 0.3) is 0 Å². The number of hydrogen-bond donors (Lipinski definition) is 2. The van der Waals surface area contributed by atoms with Gasteiger partial charge in [-0.1, -0.05) is 18.2 Å². The molecule has 4 rings (SSSR count). The predicted octanol–water partition coefficient (Wildman–Crippen LogP) is 3.49. The molecule has 2 aromatic carbocycles. The zero-order chi connectivity index (χ0) is 23.9. The summed E-state index contributed by atoms with van der Waals surface area (Å²) in [6, 6.07) is 15.4. The standard InChI is InChI=1S/C25H26F2N4O2S/c26-19-5-3-18(4-6-19)25(22-2-1-15-34-22)29-24(33)17-31-13-11-30(12-14-31)16-23(32)28-21-9-7-20(27)8-10-21/h1-10,15,25H,11-14,16-17H2,(H,28,32)(H,29,33)/t25-/m1/s1. The van der Waals surface area contributed by atoms with Gasteiger partial charge in [0.1, 0.15) is 11.6 Å². The van der Waals surface area contributed by atoms with E-state index in [2.05, 4.69) is 15.5 Å². The van der Waals surface area contributed by atoms with Crippen molar-refractivity contribution in [1.82, 2.24) is 15.1 Å². The van der Waals surface area contributed by atoms with Gasteiger partial charge in [0.05, 0.1) is 19.1 Å². The van der Waals surface area contributed by atoms with Crippen LogP contribution < -0.4 is 10.6 Å². The summed E-state index contributed by atoms with van der Waals surface area (Å²) in [5.41, 5.74) is 1.39. The van der Waals surface area contributed by atoms with Crippen molar-refractivity contribution in [2.45, 2.75) is 6.04 Å². The smallest absolute Gasteiger partial charge is 0.238 e. The molecule has 0 radical (unpaired) electrons. The van der Waals surface area contributed by atoms with E-state index in [0.717, 1.165) is 10.4 Å². The molecule has 34 heavy (non-hydrogen) atoms. The van der Waals surface area contributed by atoms with Crippen molar-refractivity contribution in [2.24, 2.45) is 0 Å². The van der Waals surface area contributed by atoms with Crippen LogP contribution in [0.3, 0.4) is 0 Å². The van der Waals surface area contributed by atoms with Crippen LogP contribution in [-0.2, 0) is 9.59 Å². The fourth-order valence-corrected chi connectivity index (χ4v) is 4.68. The molecule has 1 fully saturated rings. The Bertz CT molecular complexity index is 1080. The van der Waals surface area contributed by atoms with Gasteiger partial charge in [-0.3, -0.25) is 19.4 Å². The molecule has 1 aliphatic heterocycles. The predicted molar refractivity (Wildman–Crippen MR) is 129 cm³/mol. The fourth-order valence-electron chi connectivity index (χ4n) is 3.88. The minimum atomic E-state index is -0.350. The molecule has 178 valence electrons. The average molecular weight is 485 g/mol. The van der Waals surface area contributed by atoms with E-state index in [4.69, 9.17) is 0 Å². The number of piperazine rings is 1. The average Bonchev–Trinajstić information content (AvgIpc) is 3.36. The lowest BCUT2D eigenvalue weighted by Gasteiger charge is -2.34. The Labute approximate surface area is 201 Å². The highest BCUT2D eigenvalue weighted by Gasteiger charge is 2.23. The lowest BCUT2D eigenvalue weighted by Crippen LogP contribution is -2.51. The summed E-state index contributed by atoms with van der Waals surface area (Å²) in [4.78, 5) is 30.2. The summed E-state index contributed by atoms with van der Waals surface area (Å²) in [5, 5.41) is 7.79. The molecule has 0 bridgehead atoms. The lowest BCUT2D eigenvalue weighted by molar-refractivity contribution is -0.124. The van der Waals surface area contributed by atoms with Crippen molar-refractivity contribution >= 4 is 28.8 Å². The van der Waals surface area contributed by atoms with Gasteiger partial charge in [0, 0.05) is 36.7 Å². The molecule has 6 nitrogen and oxygen atoms in total. The van der Waals surface area contributed by atoms with E-state index < -0.39 is 0 Å². The number of amides is 2. The number of hydrogen-bond acceptors (Lipinski definition) is 5. The normalized spacial score (nSPS) is 15.6. The van der Waals surface area contributed by atoms with Gasteiger partial charge in [-0.2, -0.15) is 0 Å². The van der Waals surface area contributed by atoms with Crippen LogP contribution in [0.15, 0.2) is 66.0 Å². The highest BCUT2D eigenvalue weighted by Crippen LogP contribution is 2.26. The summed E-state index contributed by atoms with van der Waals surface area (Å²) < 4.78 is 26.4. The summed E-state index contributed by atoms with van der Waals surface area (Å²) >= 11 is 1.54. The van der Waals surface area contributed by atoms with E-state index in [0.29, 0.717) is 31.9 Å². The quantitative estimate of drug-likeness (QED) is 0.514. The van der Waals surface area contributed by atoms with Crippen molar-refractivity contribution in [3.63, 3.8) is 0 Å². The Morgan fingerprint density at radius 3 is 1.94 bits per heavy atom. The molecular weight excluding hydrogens is 458 g/mol. The van der Waals surface area contributed by atoms with Crippen LogP contribution in [0, 0.1) is 11.6 Å². The largest absolute Gasteiger partial charge is 0.343 e. The SMILES string of the molecule is O=C(CN1CCN(CC(=O)N[C@H](c2ccc(F)cc2)c2cccs2)CC1)Nc1ccc(F)cc1. The number of thiophene rings is 1. The summed E-state index contributed by atoms with van der Waals surface area (Å²) in [6.45, 7) is 3.14. The highest BCUT2D eigenvalue weighted by molar-refractivity contribution is 7.10. The molecule has 3 aromatic rings. The summed E-state index contributed by atoms with van der Waals surface area (Å²) in [5.74, 6) is -0.928. The van der Waals surface area contributed by atoms with Gasteiger partial charge >= 0.3 is 0 Å². The Hall–Kier alpha value is -3.14. The first-order chi connectivity index (χ1) is 16.5. The summed E-state index contributed by atoms with van der Waals surface area (Å²) in [6.07, 6.45) is 0. The molecule has 0 aliphatic carbocycles. The Kier molecular flexibility index (Phi) is 7.99. The molecule has 2 heterocycles. The molecule has 1 aliphatic rings. The number of nitrogens with one attached hydrogen (secondary N) is 2. The first-order valence-electron chi connectivity index (χ1n) is 11.0. The fraction of sp³-hybridized carbons (Fsp3) is 0.280. The third kappa shape index (κ3) is 6.69. The van der Waals surface area contributed by atoms with E-state index >= 15 is 0 Å². The van der Waals surface area contributed by atoms with Gasteiger partial charge in [-0.15, -0.1) is 11.3 Å². The van der Waals surface area contributed by atoms with E-state index in [9.17, 15) is 18.4 Å². The van der Waals surface area contributed by atoms with Crippen LogP contribution >= 0.6 is 11.3 Å². The Balaban J connectivity index is 1.25. The third-order valence-corrected chi connectivity index (χ3v) is 6.60. The van der Waals surface area contributed by atoms with Crippen molar-refractivity contribution in [2.75, 3.05) is 44.6 Å². The third-order valence-electron chi connectivity index (χ3n) is 5.66. The topological polar surface area (TPSA) is 64.7 Å². The number of nitrogens with zero attached hydrogens (tertiary/aromatic N) is 2. The first-order valence-corrected chi connectivity index (χ1v) is 11.9. The van der Waals surface area contributed by atoms with Crippen molar-refractivity contribution in [1.29, 1.82) is 0 Å². The molecule has 2 amide bonds. The molecule has 2 N–H and O–H groups in total. The molecule has 1 saturated heterocycles. The van der Waals surface area contributed by atoms with Gasteiger partial charge in [-0.25, -0.2) is 8.78 Å². The minimum absolute atomic E-state index is 0.106. The molecular formula is C25H26F2N4O2S. The van der Waals surface area contributed by atoms with Crippen LogP contribution in [0.25, 0.3) is 0 Å². The summed E-state index contributed by atoms with van der Waals surface area (Å²) in [7, 11) is 0. The molecule has 0 unspecified atom stereocenters. The Morgan fingerprint density at radius 2 is 1.38 bits per heavy atom. The Morgan fingerprint density at radius 1 is 0.824 bits per heavy atom. The van der Waals surface area contributed by atoms with Crippen LogP contribution in [0.5, 0.6) is 0 Å². The zero-order valence-electron chi connectivity index (χ0n) is 18.5. The number of carbonyl (C=O) groups is 2. The first kappa shape index (κ1) is 24.0. The van der Waals surface area contributed by atoms with Gasteiger partial charge < -0.3 is 10.6 Å². The van der Waals surface area contributed by atoms with E-state index in [-0.39, 0.29) is 42.6 Å². The van der Waals surface area contributed by atoms with Crippen LogP contribution in [0.2, 0.25) is 0 Å². The number of halogens is 2. The second-order valence-electron chi connectivity index (χ2n) is 8.17. The molecule has 9 heteroatoms. The number of benzene rings is 2. The van der Waals surface area contributed by atoms with Crippen LogP contribution in [-0.4, -0.2) is 60.9 Å². The molecule has 1 atom stereocenters. The van der Waals surface area contributed by atoms with Gasteiger partial charge in [0.2, 0.25) is 11.8 Å². The van der Waals surface area contributed by atoms with Crippen molar-refractivity contribution < 1.29 is 18.4 Å². The van der Waals surface area contributed by atoms with Crippen molar-refractivity contribution in [3.05, 3.63) is 88.1 Å². The molecule has 0 saturated carbocycles. The highest BCUT2D eigenvalue weighted by atomic mass is 32.1. The number of anilines is 1. The maximum Gasteiger partial charge on any atom is 0.238 e. The molecule has 0 spiro atoms. The van der Waals surface area contributed by atoms with E-state index in [1.165, 1.54) is 36.4 Å². The minimum Gasteiger partial charge on any atom is -0.343 e. The van der Waals surface area contributed by atoms with E-state index in [1.54, 1.807) is 23.5 Å². The van der Waals surface area contributed by atoms with E-state index in [1.807, 2.05) is 22.4 Å². The zero-order valence-corrected chi connectivity index (χ0v) is 19.4. The second kappa shape index (κ2) is 11.3. The molecule has 1 aromatic heterocycles. The monoisotopic (exact) mass is 484 g/mol. The van der Waals surface area contributed by atoms with Gasteiger partial charge in [-0.05, 0) is 53.4 Å². The number of carbonyl (C=O) groups excluding carboxylic acids is 2. The second-order valence-corrected chi connectivity index (χ2v) is 9.15. The lowest BCUT2D eigenvalue weighted by atomic mass is 10.1. The maximum absolute atomic E-state index is 13.4. The number of rotatable bonds is 8. The maximum atomic E-state index is 13.4. The van der Waals surface area contributed by atoms with Gasteiger partial charge in [0.15, 0.2) is 0 Å². The van der Waals surface area contributed by atoms with Crippen LogP contribution in [0.4, 0.5) is 14.5 Å². The van der Waals surface area contributed by atoms with Crippen molar-refractivity contribution in [3.8, 4) is 0 Å². The van der Waals surface area contributed by atoms with Crippen LogP contribution in [0.1, 0.15) is 16.5 Å².